The van der Waals surface area contributed by atoms with Gasteiger partial charge in [-0.25, -0.2) is 0 Å². The van der Waals surface area contributed by atoms with Crippen molar-refractivity contribution < 1.29 is 22.9 Å². The molecule has 2 atom stereocenters. The minimum absolute atomic E-state index is 0.241. The van der Waals surface area contributed by atoms with Crippen molar-refractivity contribution in [2.24, 2.45) is 0 Å². The summed E-state index contributed by atoms with van der Waals surface area (Å²) in [6.07, 6.45) is 56.1. The molecule has 0 rings (SSSR count). The van der Waals surface area contributed by atoms with E-state index in [1.165, 1.54) is 218 Å². The number of hydrogen-bond donors (Lipinski definition) is 3. The Balaban J connectivity index is 3.73. The number of hydrogen-bond acceptors (Lipinski definition) is 4. The van der Waals surface area contributed by atoms with Crippen LogP contribution in [0.4, 0.5) is 0 Å². The lowest BCUT2D eigenvalue weighted by Crippen LogP contribution is -2.47. The molecule has 1 amide bonds. The van der Waals surface area contributed by atoms with Crippen LogP contribution in [0.1, 0.15) is 284 Å². The average molecular weight is 826 g/mol. The van der Waals surface area contributed by atoms with Crippen molar-refractivity contribution in [2.45, 2.75) is 296 Å². The maximum absolute atomic E-state index is 12.6. The van der Waals surface area contributed by atoms with Gasteiger partial charge in [-0.05, 0) is 38.5 Å². The summed E-state index contributed by atoms with van der Waals surface area (Å²) in [7, 11) is -4.31. The van der Waals surface area contributed by atoms with Crippen molar-refractivity contribution >= 4 is 16.0 Å². The summed E-state index contributed by atoms with van der Waals surface area (Å²) in [5.41, 5.74) is 0. The second kappa shape index (κ2) is 44.6. The molecule has 0 radical (unpaired) electrons. The smallest absolute Gasteiger partial charge is 0.266 e. The Morgan fingerprint density at radius 2 is 0.737 bits per heavy atom. The molecule has 0 heterocycles. The molecule has 0 aliphatic heterocycles. The molecule has 340 valence electrons. The van der Waals surface area contributed by atoms with Crippen molar-refractivity contribution in [3.8, 4) is 0 Å². The molecule has 0 aliphatic carbocycles. The highest BCUT2D eigenvalue weighted by Gasteiger charge is 2.26. The normalized spacial score (nSPS) is 13.1. The number of nitrogens with one attached hydrogen (secondary N) is 1. The molecule has 57 heavy (non-hydrogen) atoms. The van der Waals surface area contributed by atoms with E-state index in [9.17, 15) is 22.9 Å². The molecule has 0 fully saturated rings. The van der Waals surface area contributed by atoms with Gasteiger partial charge in [0.05, 0.1) is 17.9 Å². The molecule has 0 aromatic heterocycles. The molecule has 0 aromatic carbocycles. The van der Waals surface area contributed by atoms with E-state index in [0.717, 1.165) is 38.5 Å². The van der Waals surface area contributed by atoms with E-state index in [1.54, 1.807) is 0 Å². The maximum atomic E-state index is 12.6. The molecule has 7 heteroatoms. The minimum Gasteiger partial charge on any atom is -0.391 e. The van der Waals surface area contributed by atoms with Crippen LogP contribution in [0.2, 0.25) is 0 Å². The quantitative estimate of drug-likeness (QED) is 0.0322. The Kier molecular flexibility index (Phi) is 43.9. The topological polar surface area (TPSA) is 104 Å². The van der Waals surface area contributed by atoms with Gasteiger partial charge in [0.25, 0.3) is 10.1 Å². The molecule has 0 aliphatic rings. The lowest BCUT2D eigenvalue weighted by molar-refractivity contribution is -0.122. The van der Waals surface area contributed by atoms with E-state index in [4.69, 9.17) is 0 Å². The number of unbranched alkanes of at least 4 members (excludes halogenated alkanes) is 37. The van der Waals surface area contributed by atoms with Crippen molar-refractivity contribution in [3.05, 3.63) is 12.2 Å². The highest BCUT2D eigenvalue weighted by atomic mass is 32.2. The molecule has 0 spiro atoms. The fourth-order valence-corrected chi connectivity index (χ4v) is 8.92. The summed E-state index contributed by atoms with van der Waals surface area (Å²) in [4.78, 5) is 12.6. The van der Waals surface area contributed by atoms with Crippen molar-refractivity contribution in [3.63, 3.8) is 0 Å². The van der Waals surface area contributed by atoms with Gasteiger partial charge in [-0.15, -0.1) is 0 Å². The first-order valence-electron chi connectivity index (χ1n) is 25.4. The number of aliphatic hydroxyl groups excluding tert-OH is 1. The van der Waals surface area contributed by atoms with E-state index in [2.05, 4.69) is 31.3 Å². The summed E-state index contributed by atoms with van der Waals surface area (Å²) in [6, 6.07) is -0.968. The zero-order valence-corrected chi connectivity index (χ0v) is 39.1. The Bertz CT molecular complexity index is 954. The Hall–Kier alpha value is -0.920. The largest absolute Gasteiger partial charge is 0.391 e. The highest BCUT2D eigenvalue weighted by Crippen LogP contribution is 2.17. The highest BCUT2D eigenvalue weighted by molar-refractivity contribution is 7.85. The third-order valence-corrected chi connectivity index (χ3v) is 12.8. The molecule has 0 bridgehead atoms. The van der Waals surface area contributed by atoms with Gasteiger partial charge < -0.3 is 10.4 Å². The van der Waals surface area contributed by atoms with Crippen LogP contribution >= 0.6 is 0 Å². The molecular weight excluding hydrogens is 727 g/mol. The molecule has 6 nitrogen and oxygen atoms in total. The first-order valence-corrected chi connectivity index (χ1v) is 27.0. The Labute approximate surface area is 356 Å². The summed E-state index contributed by atoms with van der Waals surface area (Å²) in [6.45, 7) is 4.56. The number of aliphatic hydroxyl groups is 1. The van der Waals surface area contributed by atoms with Crippen molar-refractivity contribution in [1.29, 1.82) is 0 Å². The summed E-state index contributed by atoms with van der Waals surface area (Å²) in [5.74, 6) is -0.884. The van der Waals surface area contributed by atoms with E-state index >= 15 is 0 Å². The first kappa shape index (κ1) is 56.1. The van der Waals surface area contributed by atoms with E-state index in [1.807, 2.05) is 0 Å². The number of allylic oxidation sites excluding steroid dienone is 2. The standard InChI is InChI=1S/C50H99NO5S/c1-3-5-7-9-11-13-15-17-19-21-23-24-25-26-28-30-32-34-36-38-40-42-44-46-50(53)51-48(47-57(54,55)56)49(52)45-43-41-39-37-35-33-31-29-27-22-20-18-16-14-12-10-8-6-4-2/h21,23,48-49,52H,3-20,22,24-47H2,1-2H3,(H,51,53)(H,54,55,56)/b23-21-. The van der Waals surface area contributed by atoms with E-state index in [-0.39, 0.29) is 5.91 Å². The van der Waals surface area contributed by atoms with Crippen molar-refractivity contribution in [2.75, 3.05) is 5.75 Å². The summed E-state index contributed by atoms with van der Waals surface area (Å²) in [5, 5.41) is 13.4. The Morgan fingerprint density at radius 3 is 1.05 bits per heavy atom. The van der Waals surface area contributed by atoms with Crippen LogP contribution in [-0.4, -0.2) is 41.9 Å². The van der Waals surface area contributed by atoms with Gasteiger partial charge in [0.1, 0.15) is 0 Å². The van der Waals surface area contributed by atoms with Gasteiger partial charge in [0.2, 0.25) is 5.91 Å². The van der Waals surface area contributed by atoms with Crippen LogP contribution < -0.4 is 5.32 Å². The number of carbonyl (C=O) groups excluding carboxylic acids is 1. The fourth-order valence-electron chi connectivity index (χ4n) is 8.16. The second-order valence-electron chi connectivity index (χ2n) is 17.8. The predicted octanol–water partition coefficient (Wildman–Crippen LogP) is 15.7. The van der Waals surface area contributed by atoms with Gasteiger partial charge in [0.15, 0.2) is 0 Å². The summed E-state index contributed by atoms with van der Waals surface area (Å²) >= 11 is 0. The molecule has 3 N–H and O–H groups in total. The van der Waals surface area contributed by atoms with Crippen LogP contribution in [0.25, 0.3) is 0 Å². The number of rotatable bonds is 47. The zero-order chi connectivity index (χ0) is 41.8. The molecular formula is C50H99NO5S. The molecule has 0 saturated carbocycles. The molecule has 0 aromatic rings. The lowest BCUT2D eigenvalue weighted by atomic mass is 10.0. The maximum Gasteiger partial charge on any atom is 0.266 e. The molecule has 0 saturated heterocycles. The van der Waals surface area contributed by atoms with Gasteiger partial charge in [0, 0.05) is 6.42 Å². The Morgan fingerprint density at radius 1 is 0.456 bits per heavy atom. The van der Waals surface area contributed by atoms with Crippen LogP contribution in [0, 0.1) is 0 Å². The van der Waals surface area contributed by atoms with Gasteiger partial charge in [-0.2, -0.15) is 8.42 Å². The van der Waals surface area contributed by atoms with Gasteiger partial charge in [-0.3, -0.25) is 9.35 Å². The third-order valence-electron chi connectivity index (χ3n) is 12.0. The summed E-state index contributed by atoms with van der Waals surface area (Å²) < 4.78 is 32.7. The van der Waals surface area contributed by atoms with Crippen molar-refractivity contribution in [1.82, 2.24) is 5.32 Å². The second-order valence-corrected chi connectivity index (χ2v) is 19.3. The lowest BCUT2D eigenvalue weighted by Gasteiger charge is -2.23. The number of amides is 1. The van der Waals surface area contributed by atoms with E-state index in [0.29, 0.717) is 12.8 Å². The average Bonchev–Trinajstić information content (AvgIpc) is 3.18. The first-order chi connectivity index (χ1) is 27.8. The predicted molar refractivity (Wildman–Crippen MR) is 249 cm³/mol. The monoisotopic (exact) mass is 826 g/mol. The number of carbonyl (C=O) groups is 1. The van der Waals surface area contributed by atoms with Crippen LogP contribution in [0.15, 0.2) is 12.2 Å². The van der Waals surface area contributed by atoms with Crippen LogP contribution in [-0.2, 0) is 14.9 Å². The third kappa shape index (κ3) is 46.0. The fraction of sp³-hybridized carbons (Fsp3) is 0.940. The molecule has 2 unspecified atom stereocenters. The van der Waals surface area contributed by atoms with Gasteiger partial charge in [-0.1, -0.05) is 251 Å². The van der Waals surface area contributed by atoms with E-state index < -0.39 is 28.0 Å². The minimum atomic E-state index is -4.31. The van der Waals surface area contributed by atoms with Crippen LogP contribution in [0.5, 0.6) is 0 Å². The SMILES string of the molecule is CCCCCCCCCC/C=C\CCCCCCCCCCCCCC(=O)NC(CS(=O)(=O)O)C(O)CCCCCCCCCCCCCCCCCCCCC. The van der Waals surface area contributed by atoms with Crippen LogP contribution in [0.3, 0.4) is 0 Å². The zero-order valence-electron chi connectivity index (χ0n) is 38.2. The van der Waals surface area contributed by atoms with Gasteiger partial charge >= 0.3 is 0 Å².